The van der Waals surface area contributed by atoms with Crippen molar-refractivity contribution < 1.29 is 4.74 Å². The van der Waals surface area contributed by atoms with Crippen LogP contribution >= 0.6 is 23.1 Å². The standard InChI is InChI=1S/C26H24N4O2S2/c1-3-29-12-11-21-22(15-29)34-24-23(21)25(31)30(19-9-6-10-20(13-19)32-2)26(28-24)33-16-18-8-5-4-7-17(18)14-27/h4-10,13H,3,11-12,15-16H2,1-2H3. The van der Waals surface area contributed by atoms with Crippen molar-refractivity contribution in [2.75, 3.05) is 20.2 Å². The summed E-state index contributed by atoms with van der Waals surface area (Å²) in [6, 6.07) is 17.3. The van der Waals surface area contributed by atoms with E-state index in [1.54, 1.807) is 23.0 Å². The molecule has 5 rings (SSSR count). The second-order valence-corrected chi connectivity index (χ2v) is 10.1. The van der Waals surface area contributed by atoms with E-state index in [-0.39, 0.29) is 5.56 Å². The van der Waals surface area contributed by atoms with Gasteiger partial charge in [-0.25, -0.2) is 4.98 Å². The molecule has 0 amide bonds. The van der Waals surface area contributed by atoms with E-state index in [0.717, 1.165) is 53.1 Å². The Kier molecular flexibility index (Phi) is 6.42. The lowest BCUT2D eigenvalue weighted by Gasteiger charge is -2.25. The van der Waals surface area contributed by atoms with Crippen molar-refractivity contribution in [1.29, 1.82) is 5.26 Å². The van der Waals surface area contributed by atoms with Crippen molar-refractivity contribution in [3.63, 3.8) is 0 Å². The maximum Gasteiger partial charge on any atom is 0.267 e. The van der Waals surface area contributed by atoms with Crippen molar-refractivity contribution in [2.45, 2.75) is 30.8 Å². The summed E-state index contributed by atoms with van der Waals surface area (Å²) in [4.78, 5) is 23.4. The molecule has 0 fully saturated rings. The highest BCUT2D eigenvalue weighted by Gasteiger charge is 2.25. The van der Waals surface area contributed by atoms with Crippen LogP contribution in [0.15, 0.2) is 58.5 Å². The number of nitriles is 1. The van der Waals surface area contributed by atoms with Gasteiger partial charge in [0.1, 0.15) is 10.6 Å². The summed E-state index contributed by atoms with van der Waals surface area (Å²) >= 11 is 3.11. The number of benzene rings is 2. The molecule has 1 aliphatic rings. The van der Waals surface area contributed by atoms with Crippen LogP contribution in [-0.4, -0.2) is 34.7 Å². The fourth-order valence-electron chi connectivity index (χ4n) is 4.32. The normalized spacial score (nSPS) is 13.6. The molecule has 1 aliphatic heterocycles. The van der Waals surface area contributed by atoms with Crippen LogP contribution in [0.25, 0.3) is 15.9 Å². The number of ether oxygens (including phenoxy) is 1. The van der Waals surface area contributed by atoms with Crippen LogP contribution in [0.1, 0.15) is 28.5 Å². The van der Waals surface area contributed by atoms with Crippen molar-refractivity contribution in [1.82, 2.24) is 14.5 Å². The molecule has 4 aromatic rings. The topological polar surface area (TPSA) is 71.2 Å². The van der Waals surface area contributed by atoms with E-state index in [1.807, 2.05) is 48.5 Å². The van der Waals surface area contributed by atoms with Crippen LogP contribution in [0.4, 0.5) is 0 Å². The molecular formula is C26H24N4O2S2. The minimum Gasteiger partial charge on any atom is -0.497 e. The fourth-order valence-corrected chi connectivity index (χ4v) is 6.64. The SMILES string of the molecule is CCN1CCc2c(sc3nc(SCc4ccccc4C#N)n(-c4cccc(OC)c4)c(=O)c23)C1. The smallest absolute Gasteiger partial charge is 0.267 e. The zero-order valence-electron chi connectivity index (χ0n) is 19.1. The quantitative estimate of drug-likeness (QED) is 0.281. The molecule has 0 spiro atoms. The number of hydrogen-bond acceptors (Lipinski definition) is 7. The van der Waals surface area contributed by atoms with Gasteiger partial charge in [-0.3, -0.25) is 14.3 Å². The Hall–Kier alpha value is -3.12. The molecule has 172 valence electrons. The second-order valence-electron chi connectivity index (χ2n) is 8.10. The third kappa shape index (κ3) is 4.11. The molecule has 0 N–H and O–H groups in total. The molecule has 0 saturated carbocycles. The van der Waals surface area contributed by atoms with Gasteiger partial charge in [0.25, 0.3) is 5.56 Å². The Morgan fingerprint density at radius 3 is 2.88 bits per heavy atom. The molecule has 6 nitrogen and oxygen atoms in total. The molecule has 2 aromatic heterocycles. The summed E-state index contributed by atoms with van der Waals surface area (Å²) in [5.41, 5.74) is 3.38. The van der Waals surface area contributed by atoms with Crippen LogP contribution in [0.3, 0.4) is 0 Å². The molecule has 0 aliphatic carbocycles. The summed E-state index contributed by atoms with van der Waals surface area (Å²) in [7, 11) is 1.62. The third-order valence-electron chi connectivity index (χ3n) is 6.18. The van der Waals surface area contributed by atoms with E-state index in [2.05, 4.69) is 17.9 Å². The lowest BCUT2D eigenvalue weighted by molar-refractivity contribution is 0.272. The van der Waals surface area contributed by atoms with Gasteiger partial charge in [0.05, 0.1) is 29.8 Å². The molecule has 0 radical (unpaired) electrons. The number of nitrogens with zero attached hydrogens (tertiary/aromatic N) is 4. The second kappa shape index (κ2) is 9.63. The third-order valence-corrected chi connectivity index (χ3v) is 8.27. The number of rotatable bonds is 6. The van der Waals surface area contributed by atoms with Crippen LogP contribution < -0.4 is 10.3 Å². The zero-order valence-corrected chi connectivity index (χ0v) is 20.7. The summed E-state index contributed by atoms with van der Waals surface area (Å²) in [6.07, 6.45) is 0.861. The summed E-state index contributed by atoms with van der Waals surface area (Å²) in [5, 5.41) is 10.8. The van der Waals surface area contributed by atoms with E-state index < -0.39 is 0 Å². The van der Waals surface area contributed by atoms with Gasteiger partial charge in [-0.1, -0.05) is 43.0 Å². The van der Waals surface area contributed by atoms with Gasteiger partial charge < -0.3 is 4.74 Å². The average molecular weight is 489 g/mol. The number of aromatic nitrogens is 2. The number of thioether (sulfide) groups is 1. The number of fused-ring (bicyclic) bond motifs is 3. The highest BCUT2D eigenvalue weighted by Crippen LogP contribution is 2.35. The molecule has 34 heavy (non-hydrogen) atoms. The first-order valence-corrected chi connectivity index (χ1v) is 13.0. The summed E-state index contributed by atoms with van der Waals surface area (Å²) in [6.45, 7) is 4.98. The molecular weight excluding hydrogens is 464 g/mol. The van der Waals surface area contributed by atoms with Crippen LogP contribution in [0.2, 0.25) is 0 Å². The van der Waals surface area contributed by atoms with Gasteiger partial charge in [-0.05, 0) is 42.3 Å². The average Bonchev–Trinajstić information content (AvgIpc) is 3.25. The van der Waals surface area contributed by atoms with Gasteiger partial charge in [-0.2, -0.15) is 5.26 Å². The monoisotopic (exact) mass is 488 g/mol. The Bertz CT molecular complexity index is 1470. The minimum absolute atomic E-state index is 0.0447. The number of methoxy groups -OCH3 is 1. The van der Waals surface area contributed by atoms with E-state index in [9.17, 15) is 10.1 Å². The molecule has 8 heteroatoms. The predicted octanol–water partition coefficient (Wildman–Crippen LogP) is 5.00. The van der Waals surface area contributed by atoms with Crippen LogP contribution in [0, 0.1) is 11.3 Å². The molecule has 2 aromatic carbocycles. The first-order valence-electron chi connectivity index (χ1n) is 11.2. The van der Waals surface area contributed by atoms with Crippen LogP contribution in [0.5, 0.6) is 5.75 Å². The first kappa shape index (κ1) is 22.7. The zero-order chi connectivity index (χ0) is 23.7. The molecule has 0 unspecified atom stereocenters. The van der Waals surface area contributed by atoms with Crippen LogP contribution in [-0.2, 0) is 18.7 Å². The molecule has 3 heterocycles. The lowest BCUT2D eigenvalue weighted by Crippen LogP contribution is -2.30. The predicted molar refractivity (Wildman–Crippen MR) is 137 cm³/mol. The Labute approximate surface area is 206 Å². The first-order chi connectivity index (χ1) is 16.6. The maximum absolute atomic E-state index is 14.0. The number of thiophene rings is 1. The maximum atomic E-state index is 14.0. The largest absolute Gasteiger partial charge is 0.497 e. The molecule has 0 bridgehead atoms. The van der Waals surface area contributed by atoms with E-state index >= 15 is 0 Å². The Morgan fingerprint density at radius 1 is 1.24 bits per heavy atom. The van der Waals surface area contributed by atoms with Gasteiger partial charge >= 0.3 is 0 Å². The van der Waals surface area contributed by atoms with Gasteiger partial charge in [0.15, 0.2) is 5.16 Å². The Morgan fingerprint density at radius 2 is 2.09 bits per heavy atom. The highest BCUT2D eigenvalue weighted by atomic mass is 32.2. The van der Waals surface area contributed by atoms with E-state index in [4.69, 9.17) is 9.72 Å². The van der Waals surface area contributed by atoms with E-state index in [1.165, 1.54) is 16.6 Å². The minimum atomic E-state index is -0.0447. The summed E-state index contributed by atoms with van der Waals surface area (Å²) < 4.78 is 7.12. The molecule has 0 atom stereocenters. The Balaban J connectivity index is 1.66. The molecule has 0 saturated heterocycles. The van der Waals surface area contributed by atoms with Gasteiger partial charge in [0.2, 0.25) is 0 Å². The van der Waals surface area contributed by atoms with Crippen molar-refractivity contribution in [3.8, 4) is 17.5 Å². The van der Waals surface area contributed by atoms with Gasteiger partial charge in [-0.15, -0.1) is 11.3 Å². The van der Waals surface area contributed by atoms with Crippen molar-refractivity contribution in [2.24, 2.45) is 0 Å². The highest BCUT2D eigenvalue weighted by molar-refractivity contribution is 7.98. The van der Waals surface area contributed by atoms with E-state index in [0.29, 0.717) is 22.2 Å². The number of likely N-dealkylation sites (N-methyl/N-ethyl adjacent to an activating group) is 1. The summed E-state index contributed by atoms with van der Waals surface area (Å²) in [5.74, 6) is 1.22. The van der Waals surface area contributed by atoms with Gasteiger partial charge in [0, 0.05) is 29.8 Å². The lowest BCUT2D eigenvalue weighted by atomic mass is 10.1. The van der Waals surface area contributed by atoms with Crippen molar-refractivity contribution >= 4 is 33.3 Å². The number of hydrogen-bond donors (Lipinski definition) is 0. The fraction of sp³-hybridized carbons (Fsp3) is 0.269. The van der Waals surface area contributed by atoms with Crippen molar-refractivity contribution in [3.05, 3.63) is 80.5 Å².